The number of hydrogen-bond donors (Lipinski definition) is 1. The molecule has 0 aliphatic heterocycles. The number of hydrogen-bond acceptors (Lipinski definition) is 6. The molecule has 0 spiro atoms. The molecule has 0 heterocycles. The van der Waals surface area contributed by atoms with Gasteiger partial charge < -0.3 is 14.2 Å². The minimum Gasteiger partial charge on any atom is -0.493 e. The van der Waals surface area contributed by atoms with Crippen LogP contribution < -0.4 is 19.6 Å². The number of nitrogens with zero attached hydrogens (tertiary/aromatic N) is 1. The first kappa shape index (κ1) is 23.0. The number of aryl methyl sites for hydroxylation is 1. The molecule has 0 fully saturated rings. The van der Waals surface area contributed by atoms with E-state index >= 15 is 0 Å². The van der Waals surface area contributed by atoms with Gasteiger partial charge in [-0.1, -0.05) is 39.7 Å². The van der Waals surface area contributed by atoms with E-state index < -0.39 is 11.9 Å². The topological polar surface area (TPSA) is 86.2 Å². The molecule has 0 aliphatic carbocycles. The molecule has 3 rings (SSSR count). The maximum absolute atomic E-state index is 12.4. The SMILES string of the molecule is COc1cc(C=NNC(=O)COc2ccc(C)cc2)ccc1OC(=O)c1cccc(Br)c1. The summed E-state index contributed by atoms with van der Waals surface area (Å²) in [5.41, 5.74) is 4.55. The third-order valence-electron chi connectivity index (χ3n) is 4.24. The van der Waals surface area contributed by atoms with Gasteiger partial charge in [0, 0.05) is 4.47 Å². The molecule has 164 valence electrons. The number of amides is 1. The Hall–Kier alpha value is -3.65. The third-order valence-corrected chi connectivity index (χ3v) is 4.74. The van der Waals surface area contributed by atoms with E-state index in [0.29, 0.717) is 22.6 Å². The van der Waals surface area contributed by atoms with E-state index in [1.54, 1.807) is 48.5 Å². The number of methoxy groups -OCH3 is 1. The van der Waals surface area contributed by atoms with Crippen molar-refractivity contribution in [3.05, 3.63) is 87.9 Å². The van der Waals surface area contributed by atoms with Crippen LogP contribution in [0, 0.1) is 6.92 Å². The van der Waals surface area contributed by atoms with Gasteiger partial charge in [0.15, 0.2) is 18.1 Å². The van der Waals surface area contributed by atoms with Gasteiger partial charge in [0.05, 0.1) is 18.9 Å². The van der Waals surface area contributed by atoms with Crippen LogP contribution in [0.4, 0.5) is 0 Å². The van der Waals surface area contributed by atoms with Gasteiger partial charge in [-0.15, -0.1) is 0 Å². The number of carbonyl (C=O) groups is 2. The number of halogens is 1. The van der Waals surface area contributed by atoms with Gasteiger partial charge in [-0.2, -0.15) is 5.10 Å². The molecule has 1 amide bonds. The van der Waals surface area contributed by atoms with Crippen molar-refractivity contribution >= 4 is 34.0 Å². The number of esters is 1. The normalized spacial score (nSPS) is 10.6. The average molecular weight is 497 g/mol. The molecule has 0 bridgehead atoms. The van der Waals surface area contributed by atoms with Crippen LogP contribution in [-0.4, -0.2) is 31.8 Å². The summed E-state index contributed by atoms with van der Waals surface area (Å²) in [5.74, 6) is 0.323. The van der Waals surface area contributed by atoms with Gasteiger partial charge in [0.25, 0.3) is 5.91 Å². The standard InChI is InChI=1S/C24H21BrN2O5/c1-16-6-9-20(10-7-16)31-15-23(28)27-26-14-17-8-11-21(22(12-17)30-2)32-24(29)18-4-3-5-19(25)13-18/h3-14H,15H2,1-2H3,(H,27,28). The zero-order valence-electron chi connectivity index (χ0n) is 17.5. The molecule has 3 aromatic rings. The monoisotopic (exact) mass is 496 g/mol. The predicted molar refractivity (Wildman–Crippen MR) is 125 cm³/mol. The van der Waals surface area contributed by atoms with E-state index in [0.717, 1.165) is 10.0 Å². The highest BCUT2D eigenvalue weighted by atomic mass is 79.9. The zero-order valence-corrected chi connectivity index (χ0v) is 19.1. The first-order valence-corrected chi connectivity index (χ1v) is 10.4. The van der Waals surface area contributed by atoms with Crippen LogP contribution in [0.3, 0.4) is 0 Å². The van der Waals surface area contributed by atoms with Gasteiger partial charge in [-0.05, 0) is 61.0 Å². The number of carbonyl (C=O) groups excluding carboxylic acids is 2. The Morgan fingerprint density at radius 2 is 1.81 bits per heavy atom. The van der Waals surface area contributed by atoms with Crippen molar-refractivity contribution in [2.45, 2.75) is 6.92 Å². The van der Waals surface area contributed by atoms with Gasteiger partial charge in [-0.3, -0.25) is 4.79 Å². The Kier molecular flexibility index (Phi) is 7.99. The molecule has 0 aromatic heterocycles. The number of ether oxygens (including phenoxy) is 3. The smallest absolute Gasteiger partial charge is 0.343 e. The summed E-state index contributed by atoms with van der Waals surface area (Å²) in [7, 11) is 1.47. The van der Waals surface area contributed by atoms with Crippen LogP contribution in [0.5, 0.6) is 17.2 Å². The molecule has 0 saturated heterocycles. The van der Waals surface area contributed by atoms with Gasteiger partial charge in [0.2, 0.25) is 0 Å². The summed E-state index contributed by atoms with van der Waals surface area (Å²) in [6.07, 6.45) is 1.45. The molecule has 0 saturated carbocycles. The largest absolute Gasteiger partial charge is 0.493 e. The lowest BCUT2D eigenvalue weighted by molar-refractivity contribution is -0.123. The molecule has 0 unspecified atom stereocenters. The van der Waals surface area contributed by atoms with Crippen LogP contribution in [0.15, 0.2) is 76.3 Å². The molecular formula is C24H21BrN2O5. The lowest BCUT2D eigenvalue weighted by Crippen LogP contribution is -2.24. The van der Waals surface area contributed by atoms with Crippen molar-refractivity contribution in [3.8, 4) is 17.2 Å². The summed E-state index contributed by atoms with van der Waals surface area (Å²) in [5, 5.41) is 3.92. The third kappa shape index (κ3) is 6.68. The Morgan fingerprint density at radius 1 is 1.03 bits per heavy atom. The predicted octanol–water partition coefficient (Wildman–Crippen LogP) is 4.51. The minimum atomic E-state index is -0.508. The van der Waals surface area contributed by atoms with Crippen molar-refractivity contribution in [3.63, 3.8) is 0 Å². The molecule has 0 aliphatic rings. The minimum absolute atomic E-state index is 0.159. The van der Waals surface area contributed by atoms with Crippen molar-refractivity contribution in [2.24, 2.45) is 5.10 Å². The van der Waals surface area contributed by atoms with E-state index in [9.17, 15) is 9.59 Å². The number of nitrogens with one attached hydrogen (secondary N) is 1. The summed E-state index contributed by atoms with van der Waals surface area (Å²) in [6.45, 7) is 1.81. The van der Waals surface area contributed by atoms with Gasteiger partial charge >= 0.3 is 5.97 Å². The van der Waals surface area contributed by atoms with E-state index in [-0.39, 0.29) is 12.4 Å². The van der Waals surface area contributed by atoms with Crippen molar-refractivity contribution in [1.82, 2.24) is 5.43 Å². The van der Waals surface area contributed by atoms with Crippen molar-refractivity contribution in [2.75, 3.05) is 13.7 Å². The van der Waals surface area contributed by atoms with E-state index in [1.807, 2.05) is 25.1 Å². The number of rotatable bonds is 8. The Morgan fingerprint density at radius 3 is 2.53 bits per heavy atom. The number of benzene rings is 3. The summed E-state index contributed by atoms with van der Waals surface area (Å²) >= 11 is 3.33. The molecule has 0 atom stereocenters. The average Bonchev–Trinajstić information content (AvgIpc) is 2.79. The zero-order chi connectivity index (χ0) is 22.9. The fourth-order valence-electron chi connectivity index (χ4n) is 2.62. The second kappa shape index (κ2) is 11.1. The highest BCUT2D eigenvalue weighted by Crippen LogP contribution is 2.28. The Bertz CT molecular complexity index is 1130. The Balaban J connectivity index is 1.56. The van der Waals surface area contributed by atoms with Crippen LogP contribution in [0.25, 0.3) is 0 Å². The summed E-state index contributed by atoms with van der Waals surface area (Å²) < 4.78 is 16.9. The molecule has 32 heavy (non-hydrogen) atoms. The van der Waals surface area contributed by atoms with E-state index in [4.69, 9.17) is 14.2 Å². The quantitative estimate of drug-likeness (QED) is 0.214. The fraction of sp³-hybridized carbons (Fsp3) is 0.125. The first-order valence-electron chi connectivity index (χ1n) is 9.62. The van der Waals surface area contributed by atoms with Crippen LogP contribution in [0.2, 0.25) is 0 Å². The van der Waals surface area contributed by atoms with Crippen LogP contribution in [0.1, 0.15) is 21.5 Å². The second-order valence-electron chi connectivity index (χ2n) is 6.71. The van der Waals surface area contributed by atoms with Crippen LogP contribution in [-0.2, 0) is 4.79 Å². The van der Waals surface area contributed by atoms with Crippen molar-refractivity contribution in [1.29, 1.82) is 0 Å². The highest BCUT2D eigenvalue weighted by molar-refractivity contribution is 9.10. The Labute approximate surface area is 194 Å². The maximum Gasteiger partial charge on any atom is 0.343 e. The molecule has 8 heteroatoms. The van der Waals surface area contributed by atoms with Crippen molar-refractivity contribution < 1.29 is 23.8 Å². The summed E-state index contributed by atoms with van der Waals surface area (Å²) in [4.78, 5) is 24.3. The van der Waals surface area contributed by atoms with Crippen LogP contribution >= 0.6 is 15.9 Å². The maximum atomic E-state index is 12.4. The molecule has 3 aromatic carbocycles. The lowest BCUT2D eigenvalue weighted by atomic mass is 10.2. The highest BCUT2D eigenvalue weighted by Gasteiger charge is 2.13. The fourth-order valence-corrected chi connectivity index (χ4v) is 3.02. The van der Waals surface area contributed by atoms with Gasteiger partial charge in [0.1, 0.15) is 5.75 Å². The molecule has 0 radical (unpaired) electrons. The molecule has 1 N–H and O–H groups in total. The first-order chi connectivity index (χ1) is 15.4. The number of hydrazone groups is 1. The lowest BCUT2D eigenvalue weighted by Gasteiger charge is -2.10. The van der Waals surface area contributed by atoms with E-state index in [2.05, 4.69) is 26.5 Å². The molecule has 7 nitrogen and oxygen atoms in total. The second-order valence-corrected chi connectivity index (χ2v) is 7.62. The summed E-state index contributed by atoms with van der Waals surface area (Å²) in [6, 6.07) is 19.2. The molecular weight excluding hydrogens is 476 g/mol. The van der Waals surface area contributed by atoms with Gasteiger partial charge in [-0.25, -0.2) is 10.2 Å². The van der Waals surface area contributed by atoms with E-state index in [1.165, 1.54) is 13.3 Å².